The Morgan fingerprint density at radius 1 is 1.23 bits per heavy atom. The van der Waals surface area contributed by atoms with E-state index < -0.39 is 10.0 Å². The van der Waals surface area contributed by atoms with Crippen molar-refractivity contribution >= 4 is 16.0 Å². The Morgan fingerprint density at radius 2 is 2.00 bits per heavy atom. The smallest absolute Gasteiger partial charge is 0.240 e. The summed E-state index contributed by atoms with van der Waals surface area (Å²) in [6.07, 6.45) is 1.82. The second-order valence-electron chi connectivity index (χ2n) is 7.43. The molecule has 0 saturated carbocycles. The van der Waals surface area contributed by atoms with Crippen LogP contribution in [0.15, 0.2) is 38.6 Å². The number of aliphatic imine (C=N–C) groups is 1. The fraction of sp³-hybridized carbons (Fsp3) is 0.524. The number of nitrogens with zero attached hydrogens (tertiary/aromatic N) is 2. The number of hydrogen-bond acceptors (Lipinski definition) is 6. The van der Waals surface area contributed by atoms with Crippen LogP contribution in [-0.4, -0.2) is 45.2 Å². The van der Waals surface area contributed by atoms with Gasteiger partial charge in [-0.05, 0) is 51.3 Å². The van der Waals surface area contributed by atoms with Gasteiger partial charge in [-0.1, -0.05) is 12.1 Å². The van der Waals surface area contributed by atoms with Crippen molar-refractivity contribution in [1.29, 1.82) is 0 Å². The molecule has 10 heteroatoms. The van der Waals surface area contributed by atoms with E-state index in [1.165, 1.54) is 0 Å². The highest BCUT2D eigenvalue weighted by atomic mass is 32.2. The lowest BCUT2D eigenvalue weighted by Gasteiger charge is -2.12. The zero-order chi connectivity index (χ0) is 22.3. The van der Waals surface area contributed by atoms with Gasteiger partial charge in [0.15, 0.2) is 5.96 Å². The largest absolute Gasteiger partial charge is 0.444 e. The van der Waals surface area contributed by atoms with Gasteiger partial charge in [-0.15, -0.1) is 0 Å². The Labute approximate surface area is 183 Å². The zero-order valence-electron chi connectivity index (χ0n) is 18.3. The van der Waals surface area contributed by atoms with Crippen LogP contribution >= 0.6 is 0 Å². The molecule has 1 fully saturated rings. The first-order valence-electron chi connectivity index (χ1n) is 10.5. The Kier molecular flexibility index (Phi) is 8.05. The van der Waals surface area contributed by atoms with Crippen molar-refractivity contribution in [3.8, 4) is 0 Å². The van der Waals surface area contributed by atoms with Gasteiger partial charge in [-0.2, -0.15) is 0 Å². The fourth-order valence-corrected chi connectivity index (χ4v) is 4.22. The molecule has 1 aliphatic heterocycles. The molecule has 0 radical (unpaired) electrons. The molecule has 0 aliphatic carbocycles. The molecular formula is C21H31N5O4S. The number of oxazole rings is 1. The van der Waals surface area contributed by atoms with E-state index >= 15 is 0 Å². The third-order valence-electron chi connectivity index (χ3n) is 5.00. The summed E-state index contributed by atoms with van der Waals surface area (Å²) in [5.41, 5.74) is 1.78. The Bertz CT molecular complexity index is 960. The van der Waals surface area contributed by atoms with Crippen molar-refractivity contribution in [2.45, 2.75) is 57.7 Å². The number of nitrogens with one attached hydrogen (secondary N) is 3. The molecule has 1 saturated heterocycles. The zero-order valence-corrected chi connectivity index (χ0v) is 19.1. The molecule has 9 nitrogen and oxygen atoms in total. The third kappa shape index (κ3) is 6.78. The summed E-state index contributed by atoms with van der Waals surface area (Å²) in [6.45, 7) is 8.31. The van der Waals surface area contributed by atoms with Crippen LogP contribution in [0.4, 0.5) is 0 Å². The van der Waals surface area contributed by atoms with E-state index in [1.54, 1.807) is 24.3 Å². The number of benzene rings is 1. The number of hydrogen-bond donors (Lipinski definition) is 3. The van der Waals surface area contributed by atoms with E-state index in [2.05, 4.69) is 25.3 Å². The van der Waals surface area contributed by atoms with Crippen LogP contribution in [0.1, 0.15) is 42.7 Å². The van der Waals surface area contributed by atoms with E-state index in [9.17, 15) is 8.42 Å². The molecule has 1 aromatic heterocycles. The average molecular weight is 450 g/mol. The van der Waals surface area contributed by atoms with Crippen molar-refractivity contribution < 1.29 is 17.6 Å². The molecule has 170 valence electrons. The molecule has 1 unspecified atom stereocenters. The van der Waals surface area contributed by atoms with Crippen molar-refractivity contribution in [1.82, 2.24) is 20.3 Å². The maximum atomic E-state index is 12.5. The molecule has 31 heavy (non-hydrogen) atoms. The summed E-state index contributed by atoms with van der Waals surface area (Å²) in [5.74, 6) is 2.04. The van der Waals surface area contributed by atoms with Gasteiger partial charge < -0.3 is 19.8 Å². The molecule has 0 amide bonds. The second-order valence-corrected chi connectivity index (χ2v) is 9.20. The molecule has 2 aromatic rings. The summed E-state index contributed by atoms with van der Waals surface area (Å²) in [4.78, 5) is 9.14. The molecule has 0 spiro atoms. The van der Waals surface area contributed by atoms with E-state index in [1.807, 2.05) is 20.8 Å². The lowest BCUT2D eigenvalue weighted by Crippen LogP contribution is -2.36. The van der Waals surface area contributed by atoms with Crippen LogP contribution in [0.3, 0.4) is 0 Å². The predicted molar refractivity (Wildman–Crippen MR) is 118 cm³/mol. The van der Waals surface area contributed by atoms with Crippen LogP contribution in [0, 0.1) is 13.8 Å². The topological polar surface area (TPSA) is 118 Å². The van der Waals surface area contributed by atoms with Crippen molar-refractivity contribution in [2.24, 2.45) is 4.99 Å². The summed E-state index contributed by atoms with van der Waals surface area (Å²) < 4.78 is 38.6. The number of aryl methyl sites for hydroxylation is 2. The van der Waals surface area contributed by atoms with Crippen molar-refractivity contribution in [3.05, 3.63) is 47.2 Å². The Balaban J connectivity index is 1.56. The van der Waals surface area contributed by atoms with Gasteiger partial charge in [0.05, 0.1) is 29.8 Å². The standard InChI is InChI=1S/C21H31N5O4S/c1-4-22-21(24-14-20-26-15(2)16(3)30-20)23-12-17-7-9-19(10-8-17)31(27,28)25-13-18-6-5-11-29-18/h7-10,18,25H,4-6,11-14H2,1-3H3,(H2,22,23,24). The molecule has 1 aromatic carbocycles. The number of aromatic nitrogens is 1. The summed E-state index contributed by atoms with van der Waals surface area (Å²) >= 11 is 0. The van der Waals surface area contributed by atoms with Crippen LogP contribution in [0.2, 0.25) is 0 Å². The lowest BCUT2D eigenvalue weighted by molar-refractivity contribution is 0.114. The molecule has 2 heterocycles. The van der Waals surface area contributed by atoms with Crippen LogP contribution in [0.5, 0.6) is 0 Å². The molecule has 1 aliphatic rings. The first kappa shape index (κ1) is 23.2. The van der Waals surface area contributed by atoms with Crippen LogP contribution in [-0.2, 0) is 27.8 Å². The molecule has 3 rings (SSSR count). The predicted octanol–water partition coefficient (Wildman–Crippen LogP) is 2.00. The van der Waals surface area contributed by atoms with Crippen molar-refractivity contribution in [3.63, 3.8) is 0 Å². The minimum Gasteiger partial charge on any atom is -0.444 e. The van der Waals surface area contributed by atoms with E-state index in [0.29, 0.717) is 44.6 Å². The summed E-state index contributed by atoms with van der Waals surface area (Å²) in [7, 11) is -3.55. The quantitative estimate of drug-likeness (QED) is 0.396. The summed E-state index contributed by atoms with van der Waals surface area (Å²) in [6, 6.07) is 6.74. The highest BCUT2D eigenvalue weighted by Gasteiger charge is 2.20. The SMILES string of the molecule is CCNC(=NCc1ccc(S(=O)(=O)NCC2CCCO2)cc1)NCc1nc(C)c(C)o1. The number of rotatable bonds is 9. The molecule has 3 N–H and O–H groups in total. The monoisotopic (exact) mass is 449 g/mol. The van der Waals surface area contributed by atoms with Crippen LogP contribution < -0.4 is 15.4 Å². The number of ether oxygens (including phenoxy) is 1. The normalized spacial score (nSPS) is 17.1. The molecule has 1 atom stereocenters. The first-order chi connectivity index (χ1) is 14.9. The van der Waals surface area contributed by atoms with Gasteiger partial charge in [-0.25, -0.2) is 23.1 Å². The van der Waals surface area contributed by atoms with Gasteiger partial charge in [-0.3, -0.25) is 0 Å². The van der Waals surface area contributed by atoms with E-state index in [-0.39, 0.29) is 11.0 Å². The maximum absolute atomic E-state index is 12.5. The van der Waals surface area contributed by atoms with Gasteiger partial charge in [0.2, 0.25) is 15.9 Å². The van der Waals surface area contributed by atoms with E-state index in [0.717, 1.165) is 29.9 Å². The highest BCUT2D eigenvalue weighted by molar-refractivity contribution is 7.89. The van der Waals surface area contributed by atoms with Gasteiger partial charge >= 0.3 is 0 Å². The van der Waals surface area contributed by atoms with Gasteiger partial charge in [0, 0.05) is 19.7 Å². The summed E-state index contributed by atoms with van der Waals surface area (Å²) in [5, 5.41) is 6.37. The number of guanidine groups is 1. The van der Waals surface area contributed by atoms with Crippen LogP contribution in [0.25, 0.3) is 0 Å². The molecular weight excluding hydrogens is 418 g/mol. The third-order valence-corrected chi connectivity index (χ3v) is 6.44. The minimum atomic E-state index is -3.55. The highest BCUT2D eigenvalue weighted by Crippen LogP contribution is 2.14. The first-order valence-corrected chi connectivity index (χ1v) is 12.0. The Hall–Kier alpha value is -2.43. The average Bonchev–Trinajstić information content (AvgIpc) is 3.39. The maximum Gasteiger partial charge on any atom is 0.240 e. The van der Waals surface area contributed by atoms with Gasteiger partial charge in [0.1, 0.15) is 5.76 Å². The minimum absolute atomic E-state index is 0.0374. The Morgan fingerprint density at radius 3 is 2.61 bits per heavy atom. The van der Waals surface area contributed by atoms with Gasteiger partial charge in [0.25, 0.3) is 0 Å². The molecule has 0 bridgehead atoms. The lowest BCUT2D eigenvalue weighted by atomic mass is 10.2. The fourth-order valence-electron chi connectivity index (χ4n) is 3.15. The van der Waals surface area contributed by atoms with E-state index in [4.69, 9.17) is 9.15 Å². The van der Waals surface area contributed by atoms with Crippen molar-refractivity contribution in [2.75, 3.05) is 19.7 Å². The second kappa shape index (κ2) is 10.7. The number of sulfonamides is 1.